The number of aliphatic carboxylic acids is 2. The molecule has 4 atom stereocenters. The van der Waals surface area contributed by atoms with Crippen molar-refractivity contribution in [2.24, 2.45) is 17.2 Å². The first-order valence-electron chi connectivity index (χ1n) is 10.1. The number of carboxylic acids is 2. The van der Waals surface area contributed by atoms with Crippen LogP contribution >= 0.6 is 0 Å². The summed E-state index contributed by atoms with van der Waals surface area (Å²) in [4.78, 5) is 70.8. The average molecular weight is 476 g/mol. The predicted molar refractivity (Wildman–Crippen MR) is 112 cm³/mol. The van der Waals surface area contributed by atoms with Gasteiger partial charge in [0.1, 0.15) is 24.2 Å². The van der Waals surface area contributed by atoms with E-state index in [1.54, 1.807) is 0 Å². The lowest BCUT2D eigenvalue weighted by Crippen LogP contribution is -2.58. The quantitative estimate of drug-likeness (QED) is 0.0905. The minimum Gasteiger partial charge on any atom is -0.481 e. The zero-order valence-corrected chi connectivity index (χ0v) is 18.0. The number of aliphatic hydroxyl groups excluding tert-OH is 1. The van der Waals surface area contributed by atoms with Crippen LogP contribution in [0.1, 0.15) is 38.5 Å². The van der Waals surface area contributed by atoms with E-state index in [4.69, 9.17) is 27.4 Å². The molecular formula is C18H32N6O9. The molecule has 0 bridgehead atoms. The Labute approximate surface area is 189 Å². The standard InChI is InChI=1S/C18H32N6O9/c19-6-2-1-3-11(18(32)33)23-16(30)10(4-5-14(27)28)22-17(31)12(7-13(21)26)24-15(29)9(20)8-25/h9-12,25H,1-8,19-20H2,(H2,21,26)(H,22,31)(H,23,30)(H,24,29)(H,27,28)(H,32,33). The van der Waals surface area contributed by atoms with Gasteiger partial charge in [-0.15, -0.1) is 0 Å². The largest absolute Gasteiger partial charge is 0.481 e. The van der Waals surface area contributed by atoms with E-state index in [1.165, 1.54) is 0 Å². The summed E-state index contributed by atoms with van der Waals surface area (Å²) in [6, 6.07) is -5.78. The van der Waals surface area contributed by atoms with Crippen LogP contribution in [0, 0.1) is 0 Å². The maximum atomic E-state index is 12.6. The van der Waals surface area contributed by atoms with E-state index in [0.717, 1.165) is 0 Å². The number of carbonyl (C=O) groups is 6. The van der Waals surface area contributed by atoms with Crippen molar-refractivity contribution in [2.45, 2.75) is 62.7 Å². The van der Waals surface area contributed by atoms with Crippen molar-refractivity contribution in [2.75, 3.05) is 13.2 Å². The van der Waals surface area contributed by atoms with Crippen LogP contribution in [0.3, 0.4) is 0 Å². The van der Waals surface area contributed by atoms with Gasteiger partial charge in [-0.25, -0.2) is 4.79 Å². The van der Waals surface area contributed by atoms with Crippen molar-refractivity contribution in [3.63, 3.8) is 0 Å². The number of hydrogen-bond acceptors (Lipinski definition) is 9. The maximum absolute atomic E-state index is 12.6. The van der Waals surface area contributed by atoms with Gasteiger partial charge in [0.2, 0.25) is 23.6 Å². The Kier molecular flexibility index (Phi) is 13.9. The number of nitrogens with two attached hydrogens (primary N) is 3. The molecule has 0 aromatic heterocycles. The fraction of sp³-hybridized carbons (Fsp3) is 0.667. The van der Waals surface area contributed by atoms with Crippen LogP contribution in [0.4, 0.5) is 0 Å². The van der Waals surface area contributed by atoms with Crippen LogP contribution in [-0.2, 0) is 28.8 Å². The van der Waals surface area contributed by atoms with E-state index >= 15 is 0 Å². The molecule has 0 aromatic carbocycles. The molecule has 188 valence electrons. The minimum absolute atomic E-state index is 0.0529. The molecule has 0 aromatic rings. The lowest BCUT2D eigenvalue weighted by atomic mass is 10.1. The molecule has 0 saturated carbocycles. The highest BCUT2D eigenvalue weighted by atomic mass is 16.4. The third-order valence-electron chi connectivity index (χ3n) is 4.41. The van der Waals surface area contributed by atoms with E-state index in [1.807, 2.05) is 0 Å². The molecule has 0 spiro atoms. The van der Waals surface area contributed by atoms with E-state index < -0.39 is 85.6 Å². The summed E-state index contributed by atoms with van der Waals surface area (Å²) < 4.78 is 0. The van der Waals surface area contributed by atoms with E-state index in [0.29, 0.717) is 19.4 Å². The van der Waals surface area contributed by atoms with Gasteiger partial charge >= 0.3 is 11.9 Å². The van der Waals surface area contributed by atoms with Gasteiger partial charge in [0.05, 0.1) is 13.0 Å². The van der Waals surface area contributed by atoms with Crippen LogP contribution in [0.15, 0.2) is 0 Å². The Morgan fingerprint density at radius 1 is 0.788 bits per heavy atom. The van der Waals surface area contributed by atoms with Gasteiger partial charge < -0.3 is 48.5 Å². The Balaban J connectivity index is 5.50. The molecule has 0 heterocycles. The third kappa shape index (κ3) is 12.4. The van der Waals surface area contributed by atoms with E-state index in [2.05, 4.69) is 16.0 Å². The topological polar surface area (TPSA) is 277 Å². The highest BCUT2D eigenvalue weighted by Crippen LogP contribution is 2.05. The van der Waals surface area contributed by atoms with Crippen LogP contribution in [0.5, 0.6) is 0 Å². The second-order valence-corrected chi connectivity index (χ2v) is 7.20. The number of carboxylic acid groups (broad SMARTS) is 2. The van der Waals surface area contributed by atoms with Crippen molar-refractivity contribution in [1.29, 1.82) is 0 Å². The van der Waals surface area contributed by atoms with Crippen molar-refractivity contribution in [3.05, 3.63) is 0 Å². The lowest BCUT2D eigenvalue weighted by molar-refractivity contribution is -0.143. The van der Waals surface area contributed by atoms with E-state index in [-0.39, 0.29) is 6.42 Å². The smallest absolute Gasteiger partial charge is 0.326 e. The summed E-state index contributed by atoms with van der Waals surface area (Å²) in [6.45, 7) is -0.425. The molecule has 0 aliphatic carbocycles. The van der Waals surface area contributed by atoms with Gasteiger partial charge in [0.15, 0.2) is 0 Å². The fourth-order valence-corrected chi connectivity index (χ4v) is 2.60. The van der Waals surface area contributed by atoms with Gasteiger partial charge in [-0.3, -0.25) is 24.0 Å². The summed E-state index contributed by atoms with van der Waals surface area (Å²) >= 11 is 0. The summed E-state index contributed by atoms with van der Waals surface area (Å²) in [5, 5.41) is 33.7. The monoisotopic (exact) mass is 476 g/mol. The molecule has 33 heavy (non-hydrogen) atoms. The number of nitrogens with one attached hydrogen (secondary N) is 3. The molecule has 4 unspecified atom stereocenters. The van der Waals surface area contributed by atoms with Gasteiger partial charge in [-0.2, -0.15) is 0 Å². The minimum atomic E-state index is -1.58. The highest BCUT2D eigenvalue weighted by Gasteiger charge is 2.31. The Bertz CT molecular complexity index is 718. The number of primary amides is 1. The molecule has 0 fully saturated rings. The molecule has 0 radical (unpaired) electrons. The molecular weight excluding hydrogens is 444 g/mol. The van der Waals surface area contributed by atoms with Gasteiger partial charge in [-0.05, 0) is 32.2 Å². The van der Waals surface area contributed by atoms with Crippen LogP contribution in [0.25, 0.3) is 0 Å². The summed E-state index contributed by atoms with van der Waals surface area (Å²) in [6.07, 6.45) is -0.668. The van der Waals surface area contributed by atoms with Crippen LogP contribution in [-0.4, -0.2) is 88.2 Å². The van der Waals surface area contributed by atoms with Crippen LogP contribution in [0.2, 0.25) is 0 Å². The Morgan fingerprint density at radius 3 is 1.82 bits per heavy atom. The summed E-state index contributed by atoms with van der Waals surface area (Å²) in [7, 11) is 0. The molecule has 0 rings (SSSR count). The SMILES string of the molecule is NCCCCC(NC(=O)C(CCC(=O)O)NC(=O)C(CC(N)=O)NC(=O)C(N)CO)C(=O)O. The second kappa shape index (κ2) is 15.5. The number of unbranched alkanes of at least 4 members (excludes halogenated alkanes) is 1. The van der Waals surface area contributed by atoms with Crippen molar-refractivity contribution < 1.29 is 44.1 Å². The Morgan fingerprint density at radius 2 is 1.33 bits per heavy atom. The molecule has 15 nitrogen and oxygen atoms in total. The predicted octanol–water partition coefficient (Wildman–Crippen LogP) is -4.29. The highest BCUT2D eigenvalue weighted by molar-refractivity contribution is 5.96. The molecule has 0 aliphatic heterocycles. The number of amides is 4. The first-order chi connectivity index (χ1) is 15.4. The first-order valence-corrected chi connectivity index (χ1v) is 10.1. The maximum Gasteiger partial charge on any atom is 0.326 e. The molecule has 0 aliphatic rings. The lowest BCUT2D eigenvalue weighted by Gasteiger charge is -2.24. The van der Waals surface area contributed by atoms with Crippen molar-refractivity contribution in [1.82, 2.24) is 16.0 Å². The number of aliphatic hydroxyl groups is 1. The zero-order chi connectivity index (χ0) is 25.6. The normalized spacial score (nSPS) is 14.3. The molecule has 4 amide bonds. The molecule has 0 saturated heterocycles. The number of carbonyl (C=O) groups excluding carboxylic acids is 4. The van der Waals surface area contributed by atoms with Gasteiger partial charge in [0.25, 0.3) is 0 Å². The molecule has 15 heteroatoms. The van der Waals surface area contributed by atoms with Crippen molar-refractivity contribution in [3.8, 4) is 0 Å². The summed E-state index contributed by atoms with van der Waals surface area (Å²) in [5.74, 6) is -6.60. The second-order valence-electron chi connectivity index (χ2n) is 7.20. The Hall–Kier alpha value is -3.30. The molecule has 12 N–H and O–H groups in total. The number of hydrogen-bond donors (Lipinski definition) is 9. The van der Waals surface area contributed by atoms with Crippen molar-refractivity contribution >= 4 is 35.6 Å². The summed E-state index contributed by atoms with van der Waals surface area (Å²) in [5.41, 5.74) is 15.8. The average Bonchev–Trinajstić information content (AvgIpc) is 2.73. The van der Waals surface area contributed by atoms with Crippen LogP contribution < -0.4 is 33.2 Å². The third-order valence-corrected chi connectivity index (χ3v) is 4.41. The zero-order valence-electron chi connectivity index (χ0n) is 18.0. The van der Waals surface area contributed by atoms with Gasteiger partial charge in [-0.1, -0.05) is 0 Å². The fourth-order valence-electron chi connectivity index (χ4n) is 2.60. The van der Waals surface area contributed by atoms with Gasteiger partial charge in [0, 0.05) is 6.42 Å². The number of rotatable bonds is 17. The first kappa shape index (κ1) is 29.7. The van der Waals surface area contributed by atoms with E-state index in [9.17, 15) is 33.9 Å².